The molecule has 0 aliphatic carbocycles. The van der Waals surface area contributed by atoms with Gasteiger partial charge in [0, 0.05) is 26.9 Å². The number of carbonyl (C=O) groups is 2. The van der Waals surface area contributed by atoms with Crippen LogP contribution in [0.25, 0.3) is 0 Å². The number of esters is 1. The second kappa shape index (κ2) is 5.23. The number of rotatable bonds is 3. The molecular formula is C10H16O5. The van der Waals surface area contributed by atoms with Gasteiger partial charge in [0.25, 0.3) is 0 Å². The Balaban J connectivity index is 2.58. The van der Waals surface area contributed by atoms with E-state index in [1.54, 1.807) is 0 Å². The molecule has 3 atom stereocenters. The highest BCUT2D eigenvalue weighted by Gasteiger charge is 2.33. The number of Topliss-reactive ketones (excluding diaryl/α,β-unsaturated/α-hetero) is 1. The third-order valence-corrected chi connectivity index (χ3v) is 2.30. The summed E-state index contributed by atoms with van der Waals surface area (Å²) in [7, 11) is 1.50. The van der Waals surface area contributed by atoms with Gasteiger partial charge < -0.3 is 14.2 Å². The first-order valence-electron chi connectivity index (χ1n) is 4.89. The molecule has 0 N–H and O–H groups in total. The van der Waals surface area contributed by atoms with Gasteiger partial charge in [0.1, 0.15) is 12.2 Å². The van der Waals surface area contributed by atoms with Crippen molar-refractivity contribution in [1.82, 2.24) is 0 Å². The average molecular weight is 216 g/mol. The summed E-state index contributed by atoms with van der Waals surface area (Å²) in [6, 6.07) is 0. The molecule has 0 aromatic carbocycles. The third-order valence-electron chi connectivity index (χ3n) is 2.30. The standard InChI is InChI=1S/C10H16O5/c1-6(11)9-4-8(14-7(2)12)5-10(13-3)15-9/h8-10H,4-5H2,1-3H3. The fourth-order valence-corrected chi connectivity index (χ4v) is 1.59. The van der Waals surface area contributed by atoms with Crippen LogP contribution in [0.1, 0.15) is 26.7 Å². The molecule has 0 amide bonds. The van der Waals surface area contributed by atoms with Crippen LogP contribution < -0.4 is 0 Å². The van der Waals surface area contributed by atoms with Crippen LogP contribution in [0.15, 0.2) is 0 Å². The lowest BCUT2D eigenvalue weighted by Gasteiger charge is -2.32. The lowest BCUT2D eigenvalue weighted by atomic mass is 10.0. The monoisotopic (exact) mass is 216 g/mol. The van der Waals surface area contributed by atoms with Crippen LogP contribution in [0, 0.1) is 0 Å². The quantitative estimate of drug-likeness (QED) is 0.648. The molecule has 1 aliphatic rings. The van der Waals surface area contributed by atoms with E-state index in [4.69, 9.17) is 14.2 Å². The second-order valence-corrected chi connectivity index (χ2v) is 3.60. The van der Waals surface area contributed by atoms with Crippen LogP contribution in [0.4, 0.5) is 0 Å². The summed E-state index contributed by atoms with van der Waals surface area (Å²) in [4.78, 5) is 22.0. The number of carbonyl (C=O) groups excluding carboxylic acids is 2. The van der Waals surface area contributed by atoms with Crippen LogP contribution in [0.5, 0.6) is 0 Å². The van der Waals surface area contributed by atoms with Gasteiger partial charge in [0.15, 0.2) is 12.1 Å². The maximum atomic E-state index is 11.2. The van der Waals surface area contributed by atoms with E-state index < -0.39 is 12.4 Å². The Hall–Kier alpha value is -0.940. The van der Waals surface area contributed by atoms with Crippen LogP contribution in [-0.4, -0.2) is 37.4 Å². The van der Waals surface area contributed by atoms with Crippen molar-refractivity contribution in [1.29, 1.82) is 0 Å². The Bertz CT molecular complexity index is 250. The molecule has 0 aromatic rings. The highest BCUT2D eigenvalue weighted by Crippen LogP contribution is 2.23. The van der Waals surface area contributed by atoms with Gasteiger partial charge in [-0.15, -0.1) is 0 Å². The third kappa shape index (κ3) is 3.60. The molecule has 86 valence electrons. The summed E-state index contributed by atoms with van der Waals surface area (Å²) in [6.07, 6.45) is -0.422. The fraction of sp³-hybridized carbons (Fsp3) is 0.800. The van der Waals surface area contributed by atoms with Crippen LogP contribution in [-0.2, 0) is 23.8 Å². The summed E-state index contributed by atoms with van der Waals surface area (Å²) in [5.41, 5.74) is 0. The molecule has 1 fully saturated rings. The molecule has 5 nitrogen and oxygen atoms in total. The van der Waals surface area contributed by atoms with Crippen molar-refractivity contribution in [2.45, 2.75) is 45.2 Å². The van der Waals surface area contributed by atoms with Gasteiger partial charge in [-0.25, -0.2) is 0 Å². The minimum absolute atomic E-state index is 0.0751. The summed E-state index contributed by atoms with van der Waals surface area (Å²) in [5.74, 6) is -0.423. The molecule has 1 saturated heterocycles. The number of ether oxygens (including phenoxy) is 3. The molecule has 1 aliphatic heterocycles. The predicted octanol–water partition coefficient (Wildman–Crippen LogP) is 0.659. The Labute approximate surface area is 88.7 Å². The lowest BCUT2D eigenvalue weighted by Crippen LogP contribution is -2.41. The highest BCUT2D eigenvalue weighted by molar-refractivity contribution is 5.80. The van der Waals surface area contributed by atoms with Gasteiger partial charge in [-0.05, 0) is 6.92 Å². The summed E-state index contributed by atoms with van der Waals surface area (Å²) < 4.78 is 15.4. The van der Waals surface area contributed by atoms with E-state index in [1.165, 1.54) is 21.0 Å². The molecule has 0 bridgehead atoms. The zero-order valence-corrected chi connectivity index (χ0v) is 9.19. The summed E-state index contributed by atoms with van der Waals surface area (Å²) in [6.45, 7) is 2.80. The van der Waals surface area contributed by atoms with Gasteiger partial charge in [-0.3, -0.25) is 9.59 Å². The van der Waals surface area contributed by atoms with E-state index in [1.807, 2.05) is 0 Å². The van der Waals surface area contributed by atoms with Crippen LogP contribution >= 0.6 is 0 Å². The fourth-order valence-electron chi connectivity index (χ4n) is 1.59. The molecule has 0 spiro atoms. The Morgan fingerprint density at radius 3 is 2.40 bits per heavy atom. The maximum Gasteiger partial charge on any atom is 0.302 e. The van der Waals surface area contributed by atoms with E-state index in [9.17, 15) is 9.59 Å². The lowest BCUT2D eigenvalue weighted by molar-refractivity contribution is -0.210. The molecule has 1 heterocycles. The number of hydrogen-bond acceptors (Lipinski definition) is 5. The maximum absolute atomic E-state index is 11.2. The smallest absolute Gasteiger partial charge is 0.302 e. The first-order chi connectivity index (χ1) is 7.02. The van der Waals surface area contributed by atoms with Gasteiger partial charge in [-0.1, -0.05) is 0 Å². The summed E-state index contributed by atoms with van der Waals surface area (Å²) in [5, 5.41) is 0. The number of hydrogen-bond donors (Lipinski definition) is 0. The minimum Gasteiger partial charge on any atom is -0.462 e. The molecule has 3 unspecified atom stereocenters. The molecule has 0 saturated carbocycles. The molecular weight excluding hydrogens is 200 g/mol. The molecule has 15 heavy (non-hydrogen) atoms. The van der Waals surface area contributed by atoms with Gasteiger partial charge in [0.05, 0.1) is 0 Å². The molecule has 0 radical (unpaired) electrons. The second-order valence-electron chi connectivity index (χ2n) is 3.60. The van der Waals surface area contributed by atoms with Gasteiger partial charge in [0.2, 0.25) is 0 Å². The Morgan fingerprint density at radius 2 is 1.93 bits per heavy atom. The summed E-state index contributed by atoms with van der Waals surface area (Å²) >= 11 is 0. The van der Waals surface area contributed by atoms with Crippen molar-refractivity contribution in [2.75, 3.05) is 7.11 Å². The highest BCUT2D eigenvalue weighted by atomic mass is 16.7. The first-order valence-corrected chi connectivity index (χ1v) is 4.89. The SMILES string of the molecule is COC1CC(OC(C)=O)CC(C(C)=O)O1. The molecule has 0 aromatic heterocycles. The van der Waals surface area contributed by atoms with Crippen LogP contribution in [0.3, 0.4) is 0 Å². The zero-order chi connectivity index (χ0) is 11.4. The van der Waals surface area contributed by atoms with Crippen molar-refractivity contribution in [2.24, 2.45) is 0 Å². The van der Waals surface area contributed by atoms with E-state index in [2.05, 4.69) is 0 Å². The zero-order valence-electron chi connectivity index (χ0n) is 9.19. The van der Waals surface area contributed by atoms with E-state index in [0.717, 1.165) is 0 Å². The van der Waals surface area contributed by atoms with E-state index in [0.29, 0.717) is 12.8 Å². The van der Waals surface area contributed by atoms with E-state index in [-0.39, 0.29) is 17.9 Å². The largest absolute Gasteiger partial charge is 0.462 e. The number of ketones is 1. The molecule has 5 heteroatoms. The first kappa shape index (κ1) is 12.1. The van der Waals surface area contributed by atoms with Crippen LogP contribution in [0.2, 0.25) is 0 Å². The normalized spacial score (nSPS) is 31.0. The van der Waals surface area contributed by atoms with Gasteiger partial charge in [-0.2, -0.15) is 0 Å². The van der Waals surface area contributed by atoms with Crippen molar-refractivity contribution in [3.05, 3.63) is 0 Å². The van der Waals surface area contributed by atoms with Crippen molar-refractivity contribution in [3.63, 3.8) is 0 Å². The topological polar surface area (TPSA) is 61.8 Å². The minimum atomic E-state index is -0.534. The number of methoxy groups -OCH3 is 1. The van der Waals surface area contributed by atoms with Crippen molar-refractivity contribution in [3.8, 4) is 0 Å². The van der Waals surface area contributed by atoms with Crippen molar-refractivity contribution < 1.29 is 23.8 Å². The average Bonchev–Trinajstić information content (AvgIpc) is 2.16. The Morgan fingerprint density at radius 1 is 1.27 bits per heavy atom. The van der Waals surface area contributed by atoms with E-state index >= 15 is 0 Å². The Kier molecular flexibility index (Phi) is 4.23. The van der Waals surface area contributed by atoms with Gasteiger partial charge >= 0.3 is 5.97 Å². The molecule has 1 rings (SSSR count). The predicted molar refractivity (Wildman–Crippen MR) is 51.1 cm³/mol. The van der Waals surface area contributed by atoms with Crippen molar-refractivity contribution >= 4 is 11.8 Å².